The molecule has 1 aliphatic heterocycles. The van der Waals surface area contributed by atoms with Crippen molar-refractivity contribution in [1.29, 1.82) is 0 Å². The van der Waals surface area contributed by atoms with Gasteiger partial charge in [0.05, 0.1) is 5.54 Å². The van der Waals surface area contributed by atoms with Crippen LogP contribution in [0.15, 0.2) is 5.10 Å². The van der Waals surface area contributed by atoms with Gasteiger partial charge in [-0.25, -0.2) is 5.01 Å². The number of hydrogen-bond acceptors (Lipinski definition) is 2. The van der Waals surface area contributed by atoms with E-state index >= 15 is 0 Å². The third-order valence-corrected chi connectivity index (χ3v) is 2.55. The van der Waals surface area contributed by atoms with E-state index in [1.54, 1.807) is 11.9 Å². The molecule has 0 aromatic carbocycles. The fourth-order valence-electron chi connectivity index (χ4n) is 1.73. The third-order valence-electron chi connectivity index (χ3n) is 2.55. The molecule has 3 nitrogen and oxygen atoms in total. The first-order valence-electron chi connectivity index (χ1n) is 4.35. The number of amides is 1. The molecule has 0 bridgehead atoms. The average Bonchev–Trinajstić information content (AvgIpc) is 2.24. The lowest BCUT2D eigenvalue weighted by molar-refractivity contribution is -0.134. The summed E-state index contributed by atoms with van der Waals surface area (Å²) in [7, 11) is 0. The lowest BCUT2D eigenvalue weighted by atomic mass is 9.87. The highest BCUT2D eigenvalue weighted by Gasteiger charge is 2.39. The van der Waals surface area contributed by atoms with Crippen LogP contribution in [0.5, 0.6) is 0 Å². The molecule has 3 heteroatoms. The van der Waals surface area contributed by atoms with Crippen molar-refractivity contribution in [2.24, 2.45) is 11.0 Å². The van der Waals surface area contributed by atoms with Crippen LogP contribution in [0.2, 0.25) is 0 Å². The van der Waals surface area contributed by atoms with Gasteiger partial charge in [-0.15, -0.1) is 0 Å². The van der Waals surface area contributed by atoms with E-state index in [2.05, 4.69) is 25.9 Å². The first kappa shape index (κ1) is 9.23. The molecular formula is C9H16N2O. The second kappa shape index (κ2) is 2.88. The van der Waals surface area contributed by atoms with Crippen molar-refractivity contribution in [3.63, 3.8) is 0 Å². The molecule has 1 unspecified atom stereocenters. The molecule has 1 aliphatic rings. The standard InChI is InChI=1S/C9H16N2O/c1-5-8-6-10-11(7(2)12)9(8,3)4/h6,8H,5H2,1-4H3. The zero-order valence-electron chi connectivity index (χ0n) is 8.16. The van der Waals surface area contributed by atoms with E-state index < -0.39 is 0 Å². The van der Waals surface area contributed by atoms with Gasteiger partial charge in [-0.3, -0.25) is 4.79 Å². The molecule has 68 valence electrons. The van der Waals surface area contributed by atoms with Crippen molar-refractivity contribution in [2.45, 2.75) is 39.7 Å². The summed E-state index contributed by atoms with van der Waals surface area (Å²) in [5, 5.41) is 5.67. The molecule has 1 atom stereocenters. The van der Waals surface area contributed by atoms with Crippen LogP contribution in [0.4, 0.5) is 0 Å². The predicted octanol–water partition coefficient (Wildman–Crippen LogP) is 1.64. The van der Waals surface area contributed by atoms with Gasteiger partial charge in [0.1, 0.15) is 0 Å². The lowest BCUT2D eigenvalue weighted by Gasteiger charge is -2.32. The van der Waals surface area contributed by atoms with Gasteiger partial charge >= 0.3 is 0 Å². The van der Waals surface area contributed by atoms with Gasteiger partial charge in [0.15, 0.2) is 0 Å². The smallest absolute Gasteiger partial charge is 0.240 e. The van der Waals surface area contributed by atoms with Crippen molar-refractivity contribution < 1.29 is 4.79 Å². The van der Waals surface area contributed by atoms with Gasteiger partial charge < -0.3 is 0 Å². The second-order valence-corrected chi connectivity index (χ2v) is 3.76. The van der Waals surface area contributed by atoms with Gasteiger partial charge in [-0.2, -0.15) is 5.10 Å². The SMILES string of the molecule is CCC1C=NN(C(C)=O)C1(C)C. The Balaban J connectivity index is 2.84. The number of carbonyl (C=O) groups is 1. The highest BCUT2D eigenvalue weighted by Crippen LogP contribution is 2.30. The van der Waals surface area contributed by atoms with Crippen LogP contribution in [-0.2, 0) is 4.79 Å². The molecule has 0 spiro atoms. The van der Waals surface area contributed by atoms with E-state index in [0.717, 1.165) is 6.42 Å². The van der Waals surface area contributed by atoms with Crippen LogP contribution in [0.3, 0.4) is 0 Å². The summed E-state index contributed by atoms with van der Waals surface area (Å²) in [4.78, 5) is 11.1. The molecule has 0 fully saturated rings. The van der Waals surface area contributed by atoms with Gasteiger partial charge in [0.2, 0.25) is 5.91 Å². The summed E-state index contributed by atoms with van der Waals surface area (Å²) in [6.07, 6.45) is 2.90. The summed E-state index contributed by atoms with van der Waals surface area (Å²) in [6, 6.07) is 0. The largest absolute Gasteiger partial charge is 0.273 e. The minimum Gasteiger partial charge on any atom is -0.273 e. The first-order chi connectivity index (χ1) is 5.50. The molecule has 0 aliphatic carbocycles. The monoisotopic (exact) mass is 168 g/mol. The molecule has 0 radical (unpaired) electrons. The second-order valence-electron chi connectivity index (χ2n) is 3.76. The normalized spacial score (nSPS) is 26.3. The van der Waals surface area contributed by atoms with E-state index in [9.17, 15) is 4.79 Å². The predicted molar refractivity (Wildman–Crippen MR) is 48.9 cm³/mol. The molecule has 0 saturated carbocycles. The summed E-state index contributed by atoms with van der Waals surface area (Å²) in [5.74, 6) is 0.411. The van der Waals surface area contributed by atoms with Crippen LogP contribution in [0.25, 0.3) is 0 Å². The zero-order chi connectivity index (χ0) is 9.35. The van der Waals surface area contributed by atoms with Gasteiger partial charge in [-0.1, -0.05) is 6.92 Å². The van der Waals surface area contributed by atoms with Crippen LogP contribution in [0.1, 0.15) is 34.1 Å². The third kappa shape index (κ3) is 1.24. The fourth-order valence-corrected chi connectivity index (χ4v) is 1.73. The van der Waals surface area contributed by atoms with Gasteiger partial charge in [-0.05, 0) is 20.3 Å². The van der Waals surface area contributed by atoms with E-state index in [4.69, 9.17) is 0 Å². The van der Waals surface area contributed by atoms with Crippen LogP contribution in [-0.4, -0.2) is 22.7 Å². The summed E-state index contributed by atoms with van der Waals surface area (Å²) >= 11 is 0. The zero-order valence-corrected chi connectivity index (χ0v) is 8.16. The van der Waals surface area contributed by atoms with E-state index in [1.165, 1.54) is 0 Å². The highest BCUT2D eigenvalue weighted by molar-refractivity contribution is 5.79. The molecule has 0 saturated heterocycles. The van der Waals surface area contributed by atoms with E-state index in [-0.39, 0.29) is 11.4 Å². The minimum absolute atomic E-state index is 0.0206. The van der Waals surface area contributed by atoms with Crippen LogP contribution >= 0.6 is 0 Å². The van der Waals surface area contributed by atoms with Crippen molar-refractivity contribution >= 4 is 12.1 Å². The molecule has 0 aromatic heterocycles. The minimum atomic E-state index is -0.138. The van der Waals surface area contributed by atoms with Crippen molar-refractivity contribution in [1.82, 2.24) is 5.01 Å². The number of nitrogens with zero attached hydrogens (tertiary/aromatic N) is 2. The Hall–Kier alpha value is -0.860. The van der Waals surface area contributed by atoms with Crippen LogP contribution in [0, 0.1) is 5.92 Å². The molecule has 1 amide bonds. The first-order valence-corrected chi connectivity index (χ1v) is 4.35. The molecule has 1 heterocycles. The molecule has 0 N–H and O–H groups in total. The topological polar surface area (TPSA) is 32.7 Å². The number of hydrogen-bond donors (Lipinski definition) is 0. The van der Waals surface area contributed by atoms with E-state index in [1.807, 2.05) is 6.21 Å². The molecule has 1 rings (SSSR count). The van der Waals surface area contributed by atoms with Gasteiger partial charge in [0, 0.05) is 19.1 Å². The summed E-state index contributed by atoms with van der Waals surface area (Å²) < 4.78 is 0. The highest BCUT2D eigenvalue weighted by atomic mass is 16.2. The number of rotatable bonds is 1. The van der Waals surface area contributed by atoms with Gasteiger partial charge in [0.25, 0.3) is 0 Å². The molecule has 12 heavy (non-hydrogen) atoms. The summed E-state index contributed by atoms with van der Waals surface area (Å²) in [5.41, 5.74) is -0.138. The van der Waals surface area contributed by atoms with Crippen molar-refractivity contribution in [3.8, 4) is 0 Å². The Kier molecular flexibility index (Phi) is 2.22. The lowest BCUT2D eigenvalue weighted by Crippen LogP contribution is -2.44. The maximum Gasteiger partial charge on any atom is 0.240 e. The summed E-state index contributed by atoms with van der Waals surface area (Å²) in [6.45, 7) is 7.77. The van der Waals surface area contributed by atoms with Crippen molar-refractivity contribution in [3.05, 3.63) is 0 Å². The Labute approximate surface area is 73.4 Å². The maximum atomic E-state index is 11.1. The fraction of sp³-hybridized carbons (Fsp3) is 0.778. The Morgan fingerprint density at radius 1 is 1.67 bits per heavy atom. The number of hydrazone groups is 1. The average molecular weight is 168 g/mol. The van der Waals surface area contributed by atoms with Crippen LogP contribution < -0.4 is 0 Å². The molecular weight excluding hydrogens is 152 g/mol. The Morgan fingerprint density at radius 3 is 2.50 bits per heavy atom. The Morgan fingerprint density at radius 2 is 2.25 bits per heavy atom. The van der Waals surface area contributed by atoms with Crippen molar-refractivity contribution in [2.75, 3.05) is 0 Å². The number of carbonyl (C=O) groups excluding carboxylic acids is 1. The van der Waals surface area contributed by atoms with E-state index in [0.29, 0.717) is 5.92 Å². The Bertz CT molecular complexity index is 221. The maximum absolute atomic E-state index is 11.1. The quantitative estimate of drug-likeness (QED) is 0.585. The molecule has 0 aromatic rings.